The predicted octanol–water partition coefficient (Wildman–Crippen LogP) is 9.93. The lowest BCUT2D eigenvalue weighted by Gasteiger charge is -2.24. The number of aromatic nitrogens is 1. The van der Waals surface area contributed by atoms with E-state index in [1.807, 2.05) is 0 Å². The van der Waals surface area contributed by atoms with Crippen molar-refractivity contribution in [3.8, 4) is 22.3 Å². The van der Waals surface area contributed by atoms with Gasteiger partial charge in [-0.1, -0.05) is 102 Å². The summed E-state index contributed by atoms with van der Waals surface area (Å²) in [5.41, 5.74) is 14.0. The highest BCUT2D eigenvalue weighted by Gasteiger charge is 2.24. The first-order valence-electron chi connectivity index (χ1n) is 13.5. The van der Waals surface area contributed by atoms with E-state index in [-0.39, 0.29) is 10.8 Å². The maximum Gasteiger partial charge on any atom is 0.0471 e. The quantitative estimate of drug-likeness (QED) is 0.257. The van der Waals surface area contributed by atoms with Gasteiger partial charge in [-0.05, 0) is 86.7 Å². The molecule has 0 aliphatic heterocycles. The molecule has 0 unspecified atom stereocenters. The van der Waals surface area contributed by atoms with Crippen LogP contribution in [0.2, 0.25) is 0 Å². The molecule has 1 N–H and O–H groups in total. The fourth-order valence-corrected chi connectivity index (χ4v) is 5.73. The van der Waals surface area contributed by atoms with Crippen LogP contribution in [-0.2, 0) is 17.3 Å². The number of H-pyrrole nitrogens is 1. The van der Waals surface area contributed by atoms with Gasteiger partial charge in [0.15, 0.2) is 0 Å². The molecule has 1 aromatic heterocycles. The molecule has 5 aromatic rings. The predicted molar refractivity (Wildman–Crippen MR) is 156 cm³/mol. The lowest BCUT2D eigenvalue weighted by Crippen LogP contribution is -2.15. The molecule has 1 aliphatic rings. The standard InChI is InChI=1S/C35H37N/c1-7-34(3,4)26-11-15-29-25(19-26)18-24-17-22(9-13-28(24)29)23-10-14-30-31-16-12-27(35(5,6)8-2)21-33(31)36-32(30)20-23/h9-17,19-21,36H,7-8,18H2,1-6H3. The maximum absolute atomic E-state index is 3.72. The minimum absolute atomic E-state index is 0.186. The van der Waals surface area contributed by atoms with Gasteiger partial charge in [-0.15, -0.1) is 0 Å². The molecule has 4 aromatic carbocycles. The van der Waals surface area contributed by atoms with Crippen LogP contribution in [0.25, 0.3) is 44.1 Å². The fourth-order valence-electron chi connectivity index (χ4n) is 5.73. The first kappa shape index (κ1) is 23.1. The Hall–Kier alpha value is -3.32. The molecule has 0 radical (unpaired) electrons. The van der Waals surface area contributed by atoms with Gasteiger partial charge in [0.25, 0.3) is 0 Å². The molecule has 0 fully saturated rings. The summed E-state index contributed by atoms with van der Waals surface area (Å²) < 4.78 is 0. The van der Waals surface area contributed by atoms with E-state index in [1.54, 1.807) is 0 Å². The molecule has 0 saturated carbocycles. The third-order valence-electron chi connectivity index (χ3n) is 9.14. The second-order valence-electron chi connectivity index (χ2n) is 12.0. The van der Waals surface area contributed by atoms with Gasteiger partial charge >= 0.3 is 0 Å². The monoisotopic (exact) mass is 471 g/mol. The van der Waals surface area contributed by atoms with Crippen LogP contribution in [0.5, 0.6) is 0 Å². The van der Waals surface area contributed by atoms with E-state index >= 15 is 0 Å². The summed E-state index contributed by atoms with van der Waals surface area (Å²) in [5, 5.41) is 2.61. The summed E-state index contributed by atoms with van der Waals surface area (Å²) in [6, 6.07) is 28.0. The van der Waals surface area contributed by atoms with E-state index in [2.05, 4.69) is 119 Å². The van der Waals surface area contributed by atoms with E-state index < -0.39 is 0 Å². The van der Waals surface area contributed by atoms with Gasteiger partial charge in [-0.2, -0.15) is 0 Å². The summed E-state index contributed by atoms with van der Waals surface area (Å²) in [6.07, 6.45) is 3.30. The van der Waals surface area contributed by atoms with E-state index in [4.69, 9.17) is 0 Å². The van der Waals surface area contributed by atoms with Gasteiger partial charge in [-0.3, -0.25) is 0 Å². The Morgan fingerprint density at radius 1 is 0.583 bits per heavy atom. The van der Waals surface area contributed by atoms with Gasteiger partial charge in [-0.25, -0.2) is 0 Å². The van der Waals surface area contributed by atoms with Crippen LogP contribution in [-0.4, -0.2) is 4.98 Å². The second-order valence-corrected chi connectivity index (χ2v) is 12.0. The Balaban J connectivity index is 1.36. The minimum atomic E-state index is 0.186. The van der Waals surface area contributed by atoms with E-state index in [1.165, 1.54) is 66.3 Å². The smallest absolute Gasteiger partial charge is 0.0471 e. The van der Waals surface area contributed by atoms with Crippen molar-refractivity contribution >= 4 is 21.8 Å². The van der Waals surface area contributed by atoms with Gasteiger partial charge in [0, 0.05) is 21.8 Å². The van der Waals surface area contributed by atoms with Crippen LogP contribution in [0.1, 0.15) is 76.6 Å². The van der Waals surface area contributed by atoms with Crippen molar-refractivity contribution in [1.82, 2.24) is 4.98 Å². The summed E-state index contributed by atoms with van der Waals surface area (Å²) in [4.78, 5) is 3.72. The van der Waals surface area contributed by atoms with Crippen molar-refractivity contribution in [2.24, 2.45) is 0 Å². The zero-order chi connectivity index (χ0) is 25.2. The first-order valence-corrected chi connectivity index (χ1v) is 13.5. The Morgan fingerprint density at radius 2 is 1.08 bits per heavy atom. The van der Waals surface area contributed by atoms with Crippen LogP contribution < -0.4 is 0 Å². The average molecular weight is 472 g/mol. The van der Waals surface area contributed by atoms with Crippen molar-refractivity contribution < 1.29 is 0 Å². The largest absolute Gasteiger partial charge is 0.354 e. The lowest BCUT2D eigenvalue weighted by molar-refractivity contribution is 0.506. The van der Waals surface area contributed by atoms with Crippen LogP contribution in [0, 0.1) is 0 Å². The molecule has 36 heavy (non-hydrogen) atoms. The Bertz CT molecular complexity index is 1630. The molecule has 0 spiro atoms. The number of fused-ring (bicyclic) bond motifs is 6. The minimum Gasteiger partial charge on any atom is -0.354 e. The normalized spacial score (nSPS) is 13.4. The summed E-state index contributed by atoms with van der Waals surface area (Å²) >= 11 is 0. The van der Waals surface area contributed by atoms with Crippen molar-refractivity contribution in [3.63, 3.8) is 0 Å². The summed E-state index contributed by atoms with van der Waals surface area (Å²) in [7, 11) is 0. The van der Waals surface area contributed by atoms with Gasteiger partial charge in [0.2, 0.25) is 0 Å². The van der Waals surface area contributed by atoms with Crippen molar-refractivity contribution in [3.05, 3.63) is 95.1 Å². The van der Waals surface area contributed by atoms with Crippen LogP contribution in [0.4, 0.5) is 0 Å². The highest BCUT2D eigenvalue weighted by molar-refractivity contribution is 6.08. The molecule has 1 aliphatic carbocycles. The second kappa shape index (κ2) is 8.10. The van der Waals surface area contributed by atoms with Gasteiger partial charge in [0.1, 0.15) is 0 Å². The van der Waals surface area contributed by atoms with Crippen LogP contribution in [0.3, 0.4) is 0 Å². The molecule has 0 amide bonds. The number of hydrogen-bond acceptors (Lipinski definition) is 0. The topological polar surface area (TPSA) is 15.8 Å². The molecule has 1 heteroatoms. The van der Waals surface area contributed by atoms with Gasteiger partial charge in [0.05, 0.1) is 0 Å². The number of hydrogen-bond donors (Lipinski definition) is 1. The Kier molecular flexibility index (Phi) is 5.20. The van der Waals surface area contributed by atoms with Crippen molar-refractivity contribution in [1.29, 1.82) is 0 Å². The molecule has 1 heterocycles. The number of nitrogens with one attached hydrogen (secondary N) is 1. The van der Waals surface area contributed by atoms with Crippen molar-refractivity contribution in [2.75, 3.05) is 0 Å². The Labute approximate surface area is 215 Å². The highest BCUT2D eigenvalue weighted by Crippen LogP contribution is 2.41. The van der Waals surface area contributed by atoms with Crippen molar-refractivity contribution in [2.45, 2.75) is 71.6 Å². The maximum atomic E-state index is 3.72. The van der Waals surface area contributed by atoms with Gasteiger partial charge < -0.3 is 4.98 Å². The third kappa shape index (κ3) is 3.60. The first-order chi connectivity index (χ1) is 17.2. The zero-order valence-corrected chi connectivity index (χ0v) is 22.5. The highest BCUT2D eigenvalue weighted by atomic mass is 14.7. The molecule has 1 nitrogen and oxygen atoms in total. The average Bonchev–Trinajstić information content (AvgIpc) is 3.44. The molecule has 182 valence electrons. The molecule has 0 atom stereocenters. The van der Waals surface area contributed by atoms with Crippen LogP contribution >= 0.6 is 0 Å². The molecule has 6 rings (SSSR count). The number of aromatic amines is 1. The molecule has 0 saturated heterocycles. The van der Waals surface area contributed by atoms with E-state index in [0.29, 0.717) is 0 Å². The molecular weight excluding hydrogens is 434 g/mol. The number of rotatable bonds is 5. The summed E-state index contributed by atoms with van der Waals surface area (Å²) in [5.74, 6) is 0. The summed E-state index contributed by atoms with van der Waals surface area (Å²) in [6.45, 7) is 13.9. The lowest BCUT2D eigenvalue weighted by atomic mass is 9.81. The van der Waals surface area contributed by atoms with Crippen LogP contribution in [0.15, 0.2) is 72.8 Å². The zero-order valence-electron chi connectivity index (χ0n) is 22.5. The Morgan fingerprint density at radius 3 is 1.78 bits per heavy atom. The third-order valence-corrected chi connectivity index (χ3v) is 9.14. The molecular formula is C35H37N. The van der Waals surface area contributed by atoms with E-state index in [0.717, 1.165) is 19.3 Å². The van der Waals surface area contributed by atoms with E-state index in [9.17, 15) is 0 Å². The molecule has 0 bridgehead atoms. The fraction of sp³-hybridized carbons (Fsp3) is 0.314. The SMILES string of the molecule is CCC(C)(C)c1ccc2c(c1)Cc1cc(-c3ccc4c(c3)[nH]c3cc(C(C)(C)CC)ccc34)ccc1-2. The number of benzene rings is 4.